The summed E-state index contributed by atoms with van der Waals surface area (Å²) in [7, 11) is 2.14. The number of nitrogens with zero attached hydrogens (tertiary/aromatic N) is 2. The number of thiazole rings is 1. The molecule has 1 aromatic heterocycles. The van der Waals surface area contributed by atoms with Gasteiger partial charge in [-0.15, -0.1) is 22.9 Å². The van der Waals surface area contributed by atoms with Crippen LogP contribution in [0, 0.1) is 5.92 Å². The van der Waals surface area contributed by atoms with Crippen molar-refractivity contribution in [2.75, 3.05) is 26.7 Å². The van der Waals surface area contributed by atoms with Crippen molar-refractivity contribution in [2.24, 2.45) is 5.92 Å². The van der Waals surface area contributed by atoms with Crippen molar-refractivity contribution in [2.45, 2.75) is 25.1 Å². The summed E-state index contributed by atoms with van der Waals surface area (Å²) >= 11 is 7.19. The number of carbonyl (C=O) groups is 1. The predicted octanol–water partition coefficient (Wildman–Crippen LogP) is 1.88. The third-order valence-electron chi connectivity index (χ3n) is 3.36. The fourth-order valence-corrected chi connectivity index (χ4v) is 3.41. The maximum Gasteiger partial charge on any atom is 0.226 e. The molecular formula is C13H20ClN3OS. The minimum absolute atomic E-state index is 0.0590. The molecule has 0 bridgehead atoms. The predicted molar refractivity (Wildman–Crippen MR) is 78.6 cm³/mol. The first-order valence-electron chi connectivity index (χ1n) is 6.62. The fraction of sp³-hybridized carbons (Fsp3) is 0.692. The molecular weight excluding hydrogens is 282 g/mol. The zero-order chi connectivity index (χ0) is 13.7. The van der Waals surface area contributed by atoms with Crippen LogP contribution < -0.4 is 5.32 Å². The Labute approximate surface area is 123 Å². The van der Waals surface area contributed by atoms with Gasteiger partial charge in [-0.25, -0.2) is 4.98 Å². The van der Waals surface area contributed by atoms with Gasteiger partial charge in [0.1, 0.15) is 5.01 Å². The van der Waals surface area contributed by atoms with Crippen LogP contribution in [0.1, 0.15) is 23.5 Å². The van der Waals surface area contributed by atoms with Crippen LogP contribution in [0.2, 0.25) is 0 Å². The monoisotopic (exact) mass is 301 g/mol. The van der Waals surface area contributed by atoms with E-state index in [9.17, 15) is 4.79 Å². The molecule has 4 nitrogen and oxygen atoms in total. The average Bonchev–Trinajstić information content (AvgIpc) is 2.84. The van der Waals surface area contributed by atoms with Crippen molar-refractivity contribution in [1.82, 2.24) is 15.2 Å². The van der Waals surface area contributed by atoms with E-state index in [4.69, 9.17) is 11.6 Å². The molecule has 106 valence electrons. The topological polar surface area (TPSA) is 45.2 Å². The van der Waals surface area contributed by atoms with Gasteiger partial charge in [0.25, 0.3) is 0 Å². The van der Waals surface area contributed by atoms with Crippen LogP contribution in [0.4, 0.5) is 0 Å². The van der Waals surface area contributed by atoms with E-state index in [1.807, 2.05) is 5.38 Å². The average molecular weight is 302 g/mol. The number of alkyl halides is 1. The van der Waals surface area contributed by atoms with Crippen molar-refractivity contribution < 1.29 is 4.79 Å². The molecule has 0 saturated carbocycles. The molecule has 0 aliphatic carbocycles. The summed E-state index contributed by atoms with van der Waals surface area (Å²) in [4.78, 5) is 18.5. The van der Waals surface area contributed by atoms with Gasteiger partial charge in [0, 0.05) is 18.5 Å². The lowest BCUT2D eigenvalue weighted by Crippen LogP contribution is -2.39. The summed E-state index contributed by atoms with van der Waals surface area (Å²) in [6.45, 7) is 3.02. The highest BCUT2D eigenvalue weighted by Crippen LogP contribution is 2.14. The number of carbonyl (C=O) groups excluding carboxylic acids is 1. The van der Waals surface area contributed by atoms with Gasteiger partial charge in [-0.1, -0.05) is 0 Å². The molecule has 0 spiro atoms. The van der Waals surface area contributed by atoms with Crippen LogP contribution in [0.5, 0.6) is 0 Å². The van der Waals surface area contributed by atoms with Crippen molar-refractivity contribution in [1.29, 1.82) is 0 Å². The first-order chi connectivity index (χ1) is 9.17. The van der Waals surface area contributed by atoms with Crippen molar-refractivity contribution in [3.8, 4) is 0 Å². The summed E-state index contributed by atoms with van der Waals surface area (Å²) < 4.78 is 0. The van der Waals surface area contributed by atoms with Gasteiger partial charge >= 0.3 is 0 Å². The van der Waals surface area contributed by atoms with Crippen LogP contribution in [-0.2, 0) is 17.1 Å². The van der Waals surface area contributed by atoms with Gasteiger partial charge in [0.2, 0.25) is 5.91 Å². The van der Waals surface area contributed by atoms with E-state index in [2.05, 4.69) is 22.2 Å². The number of piperidine rings is 1. The molecule has 1 aromatic rings. The minimum atomic E-state index is 0.0590. The second kappa shape index (κ2) is 7.22. The molecule has 1 fully saturated rings. The lowest BCUT2D eigenvalue weighted by Gasteiger charge is -2.29. The smallest absolute Gasteiger partial charge is 0.226 e. The lowest BCUT2D eigenvalue weighted by molar-refractivity contribution is -0.120. The Morgan fingerprint density at radius 3 is 3.21 bits per heavy atom. The molecule has 1 unspecified atom stereocenters. The van der Waals surface area contributed by atoms with Crippen LogP contribution in [0.3, 0.4) is 0 Å². The number of hydrogen-bond acceptors (Lipinski definition) is 4. The molecule has 0 radical (unpaired) electrons. The summed E-state index contributed by atoms with van der Waals surface area (Å²) in [6, 6.07) is 0. The number of hydrogen-bond donors (Lipinski definition) is 1. The number of rotatable bonds is 5. The van der Waals surface area contributed by atoms with E-state index >= 15 is 0 Å². The fourth-order valence-electron chi connectivity index (χ4n) is 2.39. The molecule has 2 heterocycles. The molecule has 2 rings (SSSR count). The van der Waals surface area contributed by atoms with E-state index in [0.717, 1.165) is 23.8 Å². The summed E-state index contributed by atoms with van der Waals surface area (Å²) in [6.07, 6.45) is 2.80. The second-order valence-corrected chi connectivity index (χ2v) is 6.33. The van der Waals surface area contributed by atoms with E-state index in [-0.39, 0.29) is 5.91 Å². The molecule has 1 N–H and O–H groups in total. The van der Waals surface area contributed by atoms with Gasteiger partial charge in [-0.3, -0.25) is 4.79 Å². The first kappa shape index (κ1) is 14.8. The third kappa shape index (κ3) is 4.75. The number of nitrogens with one attached hydrogen (secondary N) is 1. The van der Waals surface area contributed by atoms with Gasteiger partial charge in [-0.05, 0) is 32.4 Å². The molecule has 1 atom stereocenters. The summed E-state index contributed by atoms with van der Waals surface area (Å²) in [5.41, 5.74) is 0.850. The van der Waals surface area contributed by atoms with E-state index in [0.29, 0.717) is 18.2 Å². The normalized spacial score (nSPS) is 20.4. The second-order valence-electron chi connectivity index (χ2n) is 5.12. The standard InChI is InChI=1S/C13H20ClN3OS/c1-17-4-2-3-10(8-17)7-15-12(18)5-13-16-11(6-14)9-19-13/h9-10H,2-8H2,1H3,(H,15,18). The third-order valence-corrected chi connectivity index (χ3v) is 4.53. The zero-order valence-electron chi connectivity index (χ0n) is 11.2. The Hall–Kier alpha value is -0.650. The van der Waals surface area contributed by atoms with E-state index < -0.39 is 0 Å². The van der Waals surface area contributed by atoms with Crippen molar-refractivity contribution >= 4 is 28.8 Å². The van der Waals surface area contributed by atoms with Gasteiger partial charge in [-0.2, -0.15) is 0 Å². The van der Waals surface area contributed by atoms with E-state index in [1.54, 1.807) is 0 Å². The van der Waals surface area contributed by atoms with Crippen LogP contribution >= 0.6 is 22.9 Å². The SMILES string of the molecule is CN1CCCC(CNC(=O)Cc2nc(CCl)cs2)C1. The molecule has 19 heavy (non-hydrogen) atoms. The Balaban J connectivity index is 1.72. The Bertz CT molecular complexity index is 424. The summed E-state index contributed by atoms with van der Waals surface area (Å²) in [5, 5.41) is 5.77. The maximum atomic E-state index is 11.8. The largest absolute Gasteiger partial charge is 0.355 e. The van der Waals surface area contributed by atoms with Crippen LogP contribution in [0.15, 0.2) is 5.38 Å². The van der Waals surface area contributed by atoms with Gasteiger partial charge < -0.3 is 10.2 Å². The molecule has 1 aliphatic rings. The van der Waals surface area contributed by atoms with Crippen LogP contribution in [0.25, 0.3) is 0 Å². The Kier molecular flexibility index (Phi) is 5.60. The molecule has 1 amide bonds. The molecule has 0 aromatic carbocycles. The number of aromatic nitrogens is 1. The maximum absolute atomic E-state index is 11.8. The van der Waals surface area contributed by atoms with Crippen molar-refractivity contribution in [3.05, 3.63) is 16.1 Å². The Morgan fingerprint density at radius 2 is 2.53 bits per heavy atom. The number of amides is 1. The quantitative estimate of drug-likeness (QED) is 0.845. The molecule has 1 aliphatic heterocycles. The lowest BCUT2D eigenvalue weighted by atomic mass is 9.98. The van der Waals surface area contributed by atoms with Crippen molar-refractivity contribution in [3.63, 3.8) is 0 Å². The van der Waals surface area contributed by atoms with E-state index in [1.165, 1.54) is 30.7 Å². The highest BCUT2D eigenvalue weighted by molar-refractivity contribution is 7.09. The minimum Gasteiger partial charge on any atom is -0.355 e. The first-order valence-corrected chi connectivity index (χ1v) is 8.03. The van der Waals surface area contributed by atoms with Gasteiger partial charge in [0.05, 0.1) is 18.0 Å². The van der Waals surface area contributed by atoms with Crippen LogP contribution in [-0.4, -0.2) is 42.5 Å². The highest BCUT2D eigenvalue weighted by atomic mass is 35.5. The zero-order valence-corrected chi connectivity index (χ0v) is 12.8. The molecule has 6 heteroatoms. The Morgan fingerprint density at radius 1 is 1.68 bits per heavy atom. The number of halogens is 1. The summed E-state index contributed by atoms with van der Waals surface area (Å²) in [5.74, 6) is 1.05. The highest BCUT2D eigenvalue weighted by Gasteiger charge is 2.18. The number of likely N-dealkylation sites (tertiary alicyclic amines) is 1. The van der Waals surface area contributed by atoms with Gasteiger partial charge in [0.15, 0.2) is 0 Å². The molecule has 1 saturated heterocycles.